The summed E-state index contributed by atoms with van der Waals surface area (Å²) in [6, 6.07) is 9.92. The number of hydrogen-bond acceptors (Lipinski definition) is 2. The molecule has 0 aliphatic heterocycles. The SMILES string of the molecule is CCc1c(C)nn(Cc2ccccc2C#N)c1C. The average molecular weight is 239 g/mol. The Labute approximate surface area is 108 Å². The highest BCUT2D eigenvalue weighted by Crippen LogP contribution is 2.16. The van der Waals surface area contributed by atoms with Crippen molar-refractivity contribution >= 4 is 0 Å². The van der Waals surface area contributed by atoms with Crippen LogP contribution in [0, 0.1) is 25.2 Å². The summed E-state index contributed by atoms with van der Waals surface area (Å²) in [5, 5.41) is 13.7. The van der Waals surface area contributed by atoms with Crippen molar-refractivity contribution in [2.75, 3.05) is 0 Å². The van der Waals surface area contributed by atoms with Gasteiger partial charge in [-0.2, -0.15) is 10.4 Å². The Morgan fingerprint density at radius 2 is 2.00 bits per heavy atom. The first-order chi connectivity index (χ1) is 8.67. The molecule has 0 N–H and O–H groups in total. The maximum Gasteiger partial charge on any atom is 0.0995 e. The minimum atomic E-state index is 0.663. The molecule has 1 heterocycles. The predicted octanol–water partition coefficient (Wildman–Crippen LogP) is 2.98. The third-order valence-corrected chi connectivity index (χ3v) is 3.34. The lowest BCUT2D eigenvalue weighted by atomic mass is 10.1. The molecule has 0 atom stereocenters. The second kappa shape index (κ2) is 5.05. The topological polar surface area (TPSA) is 41.6 Å². The van der Waals surface area contributed by atoms with Crippen LogP contribution in [0.5, 0.6) is 0 Å². The van der Waals surface area contributed by atoms with E-state index in [9.17, 15) is 0 Å². The Balaban J connectivity index is 2.38. The highest BCUT2D eigenvalue weighted by atomic mass is 15.3. The molecular formula is C15H17N3. The van der Waals surface area contributed by atoms with Crippen LogP contribution in [0.4, 0.5) is 0 Å². The number of benzene rings is 1. The first kappa shape index (κ1) is 12.4. The molecule has 1 aromatic carbocycles. The Morgan fingerprint density at radius 1 is 1.28 bits per heavy atom. The summed E-state index contributed by atoms with van der Waals surface area (Å²) in [5.74, 6) is 0. The van der Waals surface area contributed by atoms with Crippen molar-refractivity contribution in [2.45, 2.75) is 33.7 Å². The van der Waals surface area contributed by atoms with Crippen molar-refractivity contribution in [1.29, 1.82) is 5.26 Å². The van der Waals surface area contributed by atoms with Gasteiger partial charge in [0.2, 0.25) is 0 Å². The minimum absolute atomic E-state index is 0.663. The monoisotopic (exact) mass is 239 g/mol. The van der Waals surface area contributed by atoms with Crippen LogP contribution in [-0.4, -0.2) is 9.78 Å². The van der Waals surface area contributed by atoms with Crippen LogP contribution in [0.25, 0.3) is 0 Å². The summed E-state index contributed by atoms with van der Waals surface area (Å²) < 4.78 is 1.99. The maximum atomic E-state index is 9.09. The summed E-state index contributed by atoms with van der Waals surface area (Å²) in [4.78, 5) is 0. The van der Waals surface area contributed by atoms with Crippen molar-refractivity contribution in [3.05, 3.63) is 52.3 Å². The molecule has 0 bridgehead atoms. The summed E-state index contributed by atoms with van der Waals surface area (Å²) in [6.07, 6.45) is 0.998. The molecule has 0 unspecified atom stereocenters. The van der Waals surface area contributed by atoms with Gasteiger partial charge < -0.3 is 0 Å². The highest BCUT2D eigenvalue weighted by molar-refractivity contribution is 5.38. The van der Waals surface area contributed by atoms with Crippen LogP contribution >= 0.6 is 0 Å². The van der Waals surface area contributed by atoms with Crippen LogP contribution < -0.4 is 0 Å². The van der Waals surface area contributed by atoms with Gasteiger partial charge in [-0.3, -0.25) is 4.68 Å². The zero-order chi connectivity index (χ0) is 13.1. The molecule has 0 fully saturated rings. The summed E-state index contributed by atoms with van der Waals surface area (Å²) >= 11 is 0. The van der Waals surface area contributed by atoms with Crippen molar-refractivity contribution in [3.8, 4) is 6.07 Å². The first-order valence-corrected chi connectivity index (χ1v) is 6.18. The quantitative estimate of drug-likeness (QED) is 0.826. The van der Waals surface area contributed by atoms with Gasteiger partial charge in [0.05, 0.1) is 23.9 Å². The van der Waals surface area contributed by atoms with Crippen LogP contribution in [0.1, 0.15) is 35.0 Å². The van der Waals surface area contributed by atoms with Gasteiger partial charge in [0.25, 0.3) is 0 Å². The van der Waals surface area contributed by atoms with Crippen molar-refractivity contribution in [1.82, 2.24) is 9.78 Å². The van der Waals surface area contributed by atoms with E-state index in [0.717, 1.165) is 23.2 Å². The zero-order valence-electron chi connectivity index (χ0n) is 11.1. The number of hydrogen-bond donors (Lipinski definition) is 0. The fourth-order valence-corrected chi connectivity index (χ4v) is 2.33. The van der Waals surface area contributed by atoms with Gasteiger partial charge in [0, 0.05) is 5.69 Å². The van der Waals surface area contributed by atoms with Crippen molar-refractivity contribution < 1.29 is 0 Å². The Kier molecular flexibility index (Phi) is 3.47. The number of aryl methyl sites for hydroxylation is 1. The number of nitriles is 1. The third-order valence-electron chi connectivity index (χ3n) is 3.34. The van der Waals surface area contributed by atoms with Crippen LogP contribution in [0.3, 0.4) is 0 Å². The molecule has 0 aliphatic rings. The maximum absolute atomic E-state index is 9.09. The molecule has 0 saturated carbocycles. The van der Waals surface area contributed by atoms with Gasteiger partial charge >= 0.3 is 0 Å². The average Bonchev–Trinajstić information content (AvgIpc) is 2.65. The van der Waals surface area contributed by atoms with Crippen LogP contribution in [0.2, 0.25) is 0 Å². The van der Waals surface area contributed by atoms with Crippen LogP contribution in [0.15, 0.2) is 24.3 Å². The molecule has 18 heavy (non-hydrogen) atoms. The van der Waals surface area contributed by atoms with E-state index in [1.54, 1.807) is 0 Å². The number of rotatable bonds is 3. The molecule has 3 nitrogen and oxygen atoms in total. The Hall–Kier alpha value is -2.08. The lowest BCUT2D eigenvalue weighted by Crippen LogP contribution is -2.05. The molecule has 2 rings (SSSR count). The molecule has 2 aromatic rings. The smallest absolute Gasteiger partial charge is 0.0995 e. The largest absolute Gasteiger partial charge is 0.265 e. The summed E-state index contributed by atoms with van der Waals surface area (Å²) in [7, 11) is 0. The van der Waals surface area contributed by atoms with E-state index >= 15 is 0 Å². The molecule has 0 radical (unpaired) electrons. The first-order valence-electron chi connectivity index (χ1n) is 6.18. The molecule has 92 valence electrons. The van der Waals surface area contributed by atoms with E-state index in [1.165, 1.54) is 11.3 Å². The summed E-state index contributed by atoms with van der Waals surface area (Å²) in [6.45, 7) is 6.94. The second-order valence-corrected chi connectivity index (χ2v) is 4.43. The summed E-state index contributed by atoms with van der Waals surface area (Å²) in [5.41, 5.74) is 5.34. The Bertz CT molecular complexity index is 603. The van der Waals surface area contributed by atoms with E-state index in [1.807, 2.05) is 35.9 Å². The molecular weight excluding hydrogens is 222 g/mol. The van der Waals surface area contributed by atoms with Gasteiger partial charge in [0.1, 0.15) is 0 Å². The standard InChI is InChI=1S/C15H17N3/c1-4-15-11(2)17-18(12(15)3)10-14-8-6-5-7-13(14)9-16/h5-8H,4,10H2,1-3H3. The lowest BCUT2D eigenvalue weighted by Gasteiger charge is -2.06. The normalized spacial score (nSPS) is 10.3. The zero-order valence-corrected chi connectivity index (χ0v) is 11.1. The van der Waals surface area contributed by atoms with Gasteiger partial charge in [0.15, 0.2) is 0 Å². The third kappa shape index (κ3) is 2.14. The molecule has 0 amide bonds. The van der Waals surface area contributed by atoms with E-state index < -0.39 is 0 Å². The molecule has 1 aromatic heterocycles. The van der Waals surface area contributed by atoms with Gasteiger partial charge in [-0.05, 0) is 37.5 Å². The molecule has 0 spiro atoms. The van der Waals surface area contributed by atoms with Gasteiger partial charge in [-0.15, -0.1) is 0 Å². The number of aromatic nitrogens is 2. The fraction of sp³-hybridized carbons (Fsp3) is 0.333. The minimum Gasteiger partial charge on any atom is -0.265 e. The fourth-order valence-electron chi connectivity index (χ4n) is 2.33. The van der Waals surface area contributed by atoms with Gasteiger partial charge in [-0.1, -0.05) is 25.1 Å². The Morgan fingerprint density at radius 3 is 2.61 bits per heavy atom. The highest BCUT2D eigenvalue weighted by Gasteiger charge is 2.11. The van der Waals surface area contributed by atoms with E-state index in [4.69, 9.17) is 5.26 Å². The predicted molar refractivity (Wildman–Crippen MR) is 71.3 cm³/mol. The van der Waals surface area contributed by atoms with E-state index in [2.05, 4.69) is 25.0 Å². The van der Waals surface area contributed by atoms with E-state index in [0.29, 0.717) is 6.54 Å². The number of nitrogens with zero attached hydrogens (tertiary/aromatic N) is 3. The second-order valence-electron chi connectivity index (χ2n) is 4.43. The molecule has 0 saturated heterocycles. The van der Waals surface area contributed by atoms with E-state index in [-0.39, 0.29) is 0 Å². The van der Waals surface area contributed by atoms with Crippen molar-refractivity contribution in [3.63, 3.8) is 0 Å². The van der Waals surface area contributed by atoms with Crippen molar-refractivity contribution in [2.24, 2.45) is 0 Å². The molecule has 3 heteroatoms. The molecule has 0 aliphatic carbocycles. The van der Waals surface area contributed by atoms with Gasteiger partial charge in [-0.25, -0.2) is 0 Å². The van der Waals surface area contributed by atoms with Crippen LogP contribution in [-0.2, 0) is 13.0 Å². The lowest BCUT2D eigenvalue weighted by molar-refractivity contribution is 0.657.